The van der Waals surface area contributed by atoms with Crippen molar-refractivity contribution in [3.63, 3.8) is 0 Å². The standard InChI is InChI=1S/C13H19BrO2/c1-4-16-10-5-6-11(12(14)8-10)13(15)7-9(2)3/h5-6,8-9,13,15H,4,7H2,1-3H3. The van der Waals surface area contributed by atoms with E-state index >= 15 is 0 Å². The Balaban J connectivity index is 2.81. The number of benzene rings is 1. The minimum absolute atomic E-state index is 0.412. The van der Waals surface area contributed by atoms with Gasteiger partial charge in [-0.25, -0.2) is 0 Å². The number of aliphatic hydroxyl groups is 1. The summed E-state index contributed by atoms with van der Waals surface area (Å²) in [7, 11) is 0. The highest BCUT2D eigenvalue weighted by atomic mass is 79.9. The first-order valence-electron chi connectivity index (χ1n) is 5.64. The van der Waals surface area contributed by atoms with E-state index in [1.807, 2.05) is 25.1 Å². The molecule has 0 aliphatic carbocycles. The highest BCUT2D eigenvalue weighted by molar-refractivity contribution is 9.10. The van der Waals surface area contributed by atoms with Crippen LogP contribution in [0.2, 0.25) is 0 Å². The fourth-order valence-electron chi connectivity index (χ4n) is 1.61. The van der Waals surface area contributed by atoms with Crippen molar-refractivity contribution in [3.8, 4) is 5.75 Å². The minimum atomic E-state index is -0.412. The second kappa shape index (κ2) is 6.26. The Morgan fingerprint density at radius 2 is 2.06 bits per heavy atom. The predicted molar refractivity (Wildman–Crippen MR) is 69.7 cm³/mol. The largest absolute Gasteiger partial charge is 0.494 e. The minimum Gasteiger partial charge on any atom is -0.494 e. The van der Waals surface area contributed by atoms with E-state index in [2.05, 4.69) is 29.8 Å². The summed E-state index contributed by atoms with van der Waals surface area (Å²) in [6.45, 7) is 6.81. The maximum absolute atomic E-state index is 10.0. The van der Waals surface area contributed by atoms with Gasteiger partial charge >= 0.3 is 0 Å². The van der Waals surface area contributed by atoms with Gasteiger partial charge in [0.1, 0.15) is 5.75 Å². The summed E-state index contributed by atoms with van der Waals surface area (Å²) in [6, 6.07) is 5.72. The quantitative estimate of drug-likeness (QED) is 0.889. The van der Waals surface area contributed by atoms with E-state index in [-0.39, 0.29) is 0 Å². The molecule has 0 heterocycles. The van der Waals surface area contributed by atoms with E-state index in [0.717, 1.165) is 22.2 Å². The van der Waals surface area contributed by atoms with E-state index in [0.29, 0.717) is 12.5 Å². The smallest absolute Gasteiger partial charge is 0.120 e. The highest BCUT2D eigenvalue weighted by Crippen LogP contribution is 2.30. The van der Waals surface area contributed by atoms with Crippen LogP contribution < -0.4 is 4.74 Å². The second-order valence-electron chi connectivity index (χ2n) is 4.26. The zero-order valence-electron chi connectivity index (χ0n) is 10.0. The molecule has 16 heavy (non-hydrogen) atoms. The molecule has 0 aromatic heterocycles. The van der Waals surface area contributed by atoms with Gasteiger partial charge in [0, 0.05) is 4.47 Å². The normalized spacial score (nSPS) is 12.9. The van der Waals surface area contributed by atoms with Crippen LogP contribution in [0.15, 0.2) is 22.7 Å². The van der Waals surface area contributed by atoms with Crippen LogP contribution in [0.5, 0.6) is 5.75 Å². The van der Waals surface area contributed by atoms with E-state index in [9.17, 15) is 5.11 Å². The van der Waals surface area contributed by atoms with Crippen LogP contribution in [0, 0.1) is 5.92 Å². The third-order valence-corrected chi connectivity index (χ3v) is 3.02. The Bertz CT molecular complexity index is 337. The molecule has 0 saturated carbocycles. The molecule has 0 aliphatic rings. The first-order valence-corrected chi connectivity index (χ1v) is 6.44. The van der Waals surface area contributed by atoms with E-state index in [1.165, 1.54) is 0 Å². The van der Waals surface area contributed by atoms with E-state index < -0.39 is 6.10 Å². The third kappa shape index (κ3) is 3.80. The number of hydrogen-bond acceptors (Lipinski definition) is 2. The molecule has 1 N–H and O–H groups in total. The van der Waals surface area contributed by atoms with Crippen molar-refractivity contribution in [3.05, 3.63) is 28.2 Å². The molecule has 1 rings (SSSR count). The molecule has 90 valence electrons. The summed E-state index contributed by atoms with van der Waals surface area (Å²) in [4.78, 5) is 0. The van der Waals surface area contributed by atoms with Gasteiger partial charge in [0.25, 0.3) is 0 Å². The number of halogens is 1. The van der Waals surface area contributed by atoms with Crippen LogP contribution in [0.3, 0.4) is 0 Å². The van der Waals surface area contributed by atoms with Gasteiger partial charge in [-0.2, -0.15) is 0 Å². The van der Waals surface area contributed by atoms with Crippen LogP contribution in [0.1, 0.15) is 38.9 Å². The lowest BCUT2D eigenvalue weighted by atomic mass is 10.00. The van der Waals surface area contributed by atoms with Crippen molar-refractivity contribution in [2.24, 2.45) is 5.92 Å². The van der Waals surface area contributed by atoms with Crippen LogP contribution in [0.4, 0.5) is 0 Å². The maximum atomic E-state index is 10.0. The maximum Gasteiger partial charge on any atom is 0.120 e. The molecule has 1 aromatic rings. The molecular formula is C13H19BrO2. The molecule has 0 bridgehead atoms. The molecule has 0 amide bonds. The van der Waals surface area contributed by atoms with Crippen molar-refractivity contribution >= 4 is 15.9 Å². The lowest BCUT2D eigenvalue weighted by Gasteiger charge is -2.15. The van der Waals surface area contributed by atoms with E-state index in [4.69, 9.17) is 4.74 Å². The average molecular weight is 287 g/mol. The van der Waals surface area contributed by atoms with Gasteiger partial charge in [-0.05, 0) is 37.0 Å². The van der Waals surface area contributed by atoms with Gasteiger partial charge in [-0.3, -0.25) is 0 Å². The first kappa shape index (κ1) is 13.5. The van der Waals surface area contributed by atoms with Crippen molar-refractivity contribution in [1.82, 2.24) is 0 Å². The number of hydrogen-bond donors (Lipinski definition) is 1. The molecule has 3 heteroatoms. The summed E-state index contributed by atoms with van der Waals surface area (Å²) in [5.41, 5.74) is 0.928. The average Bonchev–Trinajstić information content (AvgIpc) is 2.16. The second-order valence-corrected chi connectivity index (χ2v) is 5.12. The van der Waals surface area contributed by atoms with Crippen molar-refractivity contribution in [2.75, 3.05) is 6.61 Å². The molecule has 0 radical (unpaired) electrons. The van der Waals surface area contributed by atoms with Crippen molar-refractivity contribution < 1.29 is 9.84 Å². The van der Waals surface area contributed by atoms with Gasteiger partial charge < -0.3 is 9.84 Å². The summed E-state index contributed by atoms with van der Waals surface area (Å²) in [5.74, 6) is 1.31. The lowest BCUT2D eigenvalue weighted by molar-refractivity contribution is 0.150. The van der Waals surface area contributed by atoms with Gasteiger partial charge in [-0.1, -0.05) is 35.8 Å². The van der Waals surface area contributed by atoms with Gasteiger partial charge in [0.15, 0.2) is 0 Å². The molecule has 0 saturated heterocycles. The SMILES string of the molecule is CCOc1ccc(C(O)CC(C)C)c(Br)c1. The van der Waals surface area contributed by atoms with E-state index in [1.54, 1.807) is 0 Å². The van der Waals surface area contributed by atoms with Crippen LogP contribution in [-0.4, -0.2) is 11.7 Å². The zero-order valence-corrected chi connectivity index (χ0v) is 11.6. The number of rotatable bonds is 5. The first-order chi connectivity index (χ1) is 7.54. The number of ether oxygens (including phenoxy) is 1. The Labute approximate surface area is 106 Å². The molecule has 1 aromatic carbocycles. The van der Waals surface area contributed by atoms with Crippen molar-refractivity contribution in [2.45, 2.75) is 33.3 Å². The topological polar surface area (TPSA) is 29.5 Å². The summed E-state index contributed by atoms with van der Waals surface area (Å²) < 4.78 is 6.30. The Kier molecular flexibility index (Phi) is 5.29. The lowest BCUT2D eigenvalue weighted by Crippen LogP contribution is -2.03. The summed E-state index contributed by atoms with van der Waals surface area (Å²) in [6.07, 6.45) is 0.358. The van der Waals surface area contributed by atoms with Crippen LogP contribution >= 0.6 is 15.9 Å². The molecule has 2 nitrogen and oxygen atoms in total. The van der Waals surface area contributed by atoms with Gasteiger partial charge in [0.2, 0.25) is 0 Å². The third-order valence-electron chi connectivity index (χ3n) is 2.34. The molecular weight excluding hydrogens is 268 g/mol. The van der Waals surface area contributed by atoms with Gasteiger partial charge in [0.05, 0.1) is 12.7 Å². The zero-order chi connectivity index (χ0) is 12.1. The van der Waals surface area contributed by atoms with Gasteiger partial charge in [-0.15, -0.1) is 0 Å². The molecule has 0 fully saturated rings. The van der Waals surface area contributed by atoms with Crippen LogP contribution in [-0.2, 0) is 0 Å². The molecule has 0 spiro atoms. The predicted octanol–water partition coefficient (Wildman–Crippen LogP) is 3.93. The molecule has 1 unspecified atom stereocenters. The number of aliphatic hydroxyl groups excluding tert-OH is 1. The monoisotopic (exact) mass is 286 g/mol. The Morgan fingerprint density at radius 3 is 2.56 bits per heavy atom. The van der Waals surface area contributed by atoms with Crippen molar-refractivity contribution in [1.29, 1.82) is 0 Å². The Morgan fingerprint density at radius 1 is 1.38 bits per heavy atom. The highest BCUT2D eigenvalue weighted by Gasteiger charge is 2.13. The summed E-state index contributed by atoms with van der Waals surface area (Å²) >= 11 is 3.47. The molecule has 1 atom stereocenters. The molecule has 0 aliphatic heterocycles. The summed E-state index contributed by atoms with van der Waals surface area (Å²) in [5, 5.41) is 10.0. The fourth-order valence-corrected chi connectivity index (χ4v) is 2.23. The fraction of sp³-hybridized carbons (Fsp3) is 0.538. The Hall–Kier alpha value is -0.540. The van der Waals surface area contributed by atoms with Crippen LogP contribution in [0.25, 0.3) is 0 Å².